The predicted molar refractivity (Wildman–Crippen MR) is 76.8 cm³/mol. The molecule has 106 valence electrons. The lowest BCUT2D eigenvalue weighted by molar-refractivity contribution is 0.0827. The summed E-state index contributed by atoms with van der Waals surface area (Å²) in [4.78, 5) is 13.4. The second-order valence-corrected chi connectivity index (χ2v) is 5.68. The molecule has 0 spiro atoms. The van der Waals surface area contributed by atoms with Gasteiger partial charge in [-0.2, -0.15) is 8.42 Å². The van der Waals surface area contributed by atoms with Crippen LogP contribution in [-0.2, 0) is 17.0 Å². The molecular formula is C14H21NO3S. The number of carbonyl (C=O) groups excluding carboxylic acids is 1. The SMILES string of the molecule is Cc1cc(C(=O)N(C)C)ccc1C(C)(C)C.O=S=O. The highest BCUT2D eigenvalue weighted by Gasteiger charge is 2.17. The van der Waals surface area contributed by atoms with Crippen molar-refractivity contribution in [1.82, 2.24) is 4.90 Å². The van der Waals surface area contributed by atoms with E-state index in [-0.39, 0.29) is 11.3 Å². The van der Waals surface area contributed by atoms with Gasteiger partial charge < -0.3 is 4.90 Å². The number of rotatable bonds is 1. The van der Waals surface area contributed by atoms with Gasteiger partial charge in [-0.1, -0.05) is 26.8 Å². The molecule has 0 saturated heterocycles. The maximum atomic E-state index is 11.8. The first-order valence-electron chi connectivity index (χ1n) is 5.89. The van der Waals surface area contributed by atoms with Crippen LogP contribution in [-0.4, -0.2) is 33.3 Å². The Morgan fingerprint density at radius 1 is 1.16 bits per heavy atom. The van der Waals surface area contributed by atoms with Gasteiger partial charge in [-0.05, 0) is 35.6 Å². The number of benzene rings is 1. The molecule has 0 unspecified atom stereocenters. The van der Waals surface area contributed by atoms with E-state index in [9.17, 15) is 4.79 Å². The Bertz CT molecular complexity index is 484. The van der Waals surface area contributed by atoms with Gasteiger partial charge in [0.05, 0.1) is 0 Å². The van der Waals surface area contributed by atoms with E-state index >= 15 is 0 Å². The topological polar surface area (TPSA) is 54.5 Å². The van der Waals surface area contributed by atoms with Gasteiger partial charge in [0, 0.05) is 19.7 Å². The van der Waals surface area contributed by atoms with Crippen LogP contribution in [0.1, 0.15) is 42.3 Å². The van der Waals surface area contributed by atoms with Crippen LogP contribution >= 0.6 is 0 Å². The molecule has 19 heavy (non-hydrogen) atoms. The van der Waals surface area contributed by atoms with Gasteiger partial charge in [0.15, 0.2) is 0 Å². The van der Waals surface area contributed by atoms with Crippen molar-refractivity contribution in [1.29, 1.82) is 0 Å². The van der Waals surface area contributed by atoms with E-state index in [4.69, 9.17) is 8.42 Å². The fourth-order valence-electron chi connectivity index (χ4n) is 1.90. The Morgan fingerprint density at radius 2 is 1.63 bits per heavy atom. The average Bonchev–Trinajstić information content (AvgIpc) is 2.27. The second kappa shape index (κ2) is 7.19. The van der Waals surface area contributed by atoms with Crippen LogP contribution in [0, 0.1) is 6.92 Å². The maximum absolute atomic E-state index is 11.8. The van der Waals surface area contributed by atoms with Crippen LogP contribution in [0.15, 0.2) is 18.2 Å². The fourth-order valence-corrected chi connectivity index (χ4v) is 1.90. The van der Waals surface area contributed by atoms with Crippen LogP contribution in [0.3, 0.4) is 0 Å². The Hall–Kier alpha value is -1.49. The van der Waals surface area contributed by atoms with Crippen LogP contribution in [0.2, 0.25) is 0 Å². The first kappa shape index (κ1) is 17.5. The summed E-state index contributed by atoms with van der Waals surface area (Å²) in [7, 11) is 3.55. The molecule has 0 aliphatic heterocycles. The van der Waals surface area contributed by atoms with E-state index in [0.29, 0.717) is 0 Å². The van der Waals surface area contributed by atoms with Gasteiger partial charge in [0.1, 0.15) is 0 Å². The quantitative estimate of drug-likeness (QED) is 0.795. The van der Waals surface area contributed by atoms with Crippen LogP contribution in [0.4, 0.5) is 0 Å². The van der Waals surface area contributed by atoms with Gasteiger partial charge in [0.25, 0.3) is 5.91 Å². The summed E-state index contributed by atoms with van der Waals surface area (Å²) in [6.45, 7) is 8.61. The third kappa shape index (κ3) is 5.34. The highest BCUT2D eigenvalue weighted by Crippen LogP contribution is 2.26. The Morgan fingerprint density at radius 3 is 1.95 bits per heavy atom. The summed E-state index contributed by atoms with van der Waals surface area (Å²) in [5.74, 6) is 0.0589. The van der Waals surface area contributed by atoms with Crippen LogP contribution < -0.4 is 0 Å². The molecule has 0 N–H and O–H groups in total. The average molecular weight is 283 g/mol. The number of hydrogen-bond acceptors (Lipinski definition) is 3. The lowest BCUT2D eigenvalue weighted by Crippen LogP contribution is -2.22. The third-order valence-corrected chi connectivity index (χ3v) is 2.69. The lowest BCUT2D eigenvalue weighted by Gasteiger charge is -2.22. The first-order chi connectivity index (χ1) is 8.65. The van der Waals surface area contributed by atoms with Crippen molar-refractivity contribution in [2.75, 3.05) is 14.1 Å². The molecule has 0 saturated carbocycles. The van der Waals surface area contributed by atoms with Crippen molar-refractivity contribution >= 4 is 17.5 Å². The van der Waals surface area contributed by atoms with E-state index in [1.165, 1.54) is 11.1 Å². The minimum atomic E-state index is -0.750. The highest BCUT2D eigenvalue weighted by molar-refractivity contribution is 7.51. The molecule has 0 aliphatic rings. The minimum Gasteiger partial charge on any atom is -0.345 e. The molecule has 5 heteroatoms. The summed E-state index contributed by atoms with van der Waals surface area (Å²) in [5.41, 5.74) is 3.36. The van der Waals surface area contributed by atoms with E-state index in [1.54, 1.807) is 19.0 Å². The summed E-state index contributed by atoms with van der Waals surface area (Å²) < 4.78 is 16.6. The number of hydrogen-bond donors (Lipinski definition) is 0. The fraction of sp³-hybridized carbons (Fsp3) is 0.500. The molecule has 0 aliphatic carbocycles. The molecule has 0 aromatic heterocycles. The summed E-state index contributed by atoms with van der Waals surface area (Å²) in [6.07, 6.45) is 0. The maximum Gasteiger partial charge on any atom is 0.335 e. The molecule has 1 aromatic carbocycles. The standard InChI is InChI=1S/C14H21NO.O2S/c1-10-9-11(13(16)15(5)6)7-8-12(10)14(2,3)4;1-3-2/h7-9H,1-6H3;. The van der Waals surface area contributed by atoms with Gasteiger partial charge in [-0.25, -0.2) is 0 Å². The van der Waals surface area contributed by atoms with Gasteiger partial charge in [0.2, 0.25) is 0 Å². The smallest absolute Gasteiger partial charge is 0.335 e. The molecular weight excluding hydrogens is 262 g/mol. The van der Waals surface area contributed by atoms with Crippen LogP contribution in [0.5, 0.6) is 0 Å². The predicted octanol–water partition coefficient (Wildman–Crippen LogP) is 2.32. The van der Waals surface area contributed by atoms with E-state index < -0.39 is 11.6 Å². The van der Waals surface area contributed by atoms with E-state index in [2.05, 4.69) is 33.8 Å². The largest absolute Gasteiger partial charge is 0.345 e. The zero-order chi connectivity index (χ0) is 15.2. The number of nitrogens with zero attached hydrogens (tertiary/aromatic N) is 1. The van der Waals surface area contributed by atoms with Crippen LogP contribution in [0.25, 0.3) is 0 Å². The number of aryl methyl sites for hydroxylation is 1. The van der Waals surface area contributed by atoms with E-state index in [0.717, 1.165) is 5.56 Å². The van der Waals surface area contributed by atoms with Crippen molar-refractivity contribution in [2.24, 2.45) is 0 Å². The zero-order valence-electron chi connectivity index (χ0n) is 12.3. The lowest BCUT2D eigenvalue weighted by atomic mass is 9.83. The van der Waals surface area contributed by atoms with Crippen molar-refractivity contribution in [3.05, 3.63) is 34.9 Å². The molecule has 0 fully saturated rings. The molecule has 4 nitrogen and oxygen atoms in total. The summed E-state index contributed by atoms with van der Waals surface area (Å²) in [5, 5.41) is 0. The summed E-state index contributed by atoms with van der Waals surface area (Å²) >= 11 is -0.750. The molecule has 0 bridgehead atoms. The normalized spacial score (nSPS) is 10.2. The Kier molecular flexibility index (Phi) is 6.62. The second-order valence-electron chi connectivity index (χ2n) is 5.55. The molecule has 0 heterocycles. The number of carbonyl (C=O) groups is 1. The third-order valence-electron chi connectivity index (χ3n) is 2.69. The van der Waals surface area contributed by atoms with Gasteiger partial charge in [-0.15, -0.1) is 0 Å². The molecule has 0 atom stereocenters. The molecule has 1 rings (SSSR count). The molecule has 1 aromatic rings. The Balaban J connectivity index is 0.000000982. The van der Waals surface area contributed by atoms with Crippen molar-refractivity contribution in [3.8, 4) is 0 Å². The van der Waals surface area contributed by atoms with Crippen molar-refractivity contribution in [3.63, 3.8) is 0 Å². The minimum absolute atomic E-state index is 0.0589. The monoisotopic (exact) mass is 283 g/mol. The highest BCUT2D eigenvalue weighted by atomic mass is 32.1. The number of amides is 1. The van der Waals surface area contributed by atoms with Gasteiger partial charge >= 0.3 is 11.6 Å². The Labute approximate surface area is 118 Å². The van der Waals surface area contributed by atoms with E-state index in [1.807, 2.05) is 12.1 Å². The van der Waals surface area contributed by atoms with Crippen molar-refractivity contribution in [2.45, 2.75) is 33.1 Å². The molecule has 0 radical (unpaired) electrons. The van der Waals surface area contributed by atoms with Crippen molar-refractivity contribution < 1.29 is 13.2 Å². The molecule has 1 amide bonds. The zero-order valence-corrected chi connectivity index (χ0v) is 13.1. The first-order valence-corrected chi connectivity index (χ1v) is 6.56. The van der Waals surface area contributed by atoms with Gasteiger partial charge in [-0.3, -0.25) is 4.79 Å². The summed E-state index contributed by atoms with van der Waals surface area (Å²) in [6, 6.07) is 5.95.